The molecule has 1 atom stereocenters. The molecule has 1 aromatic carbocycles. The summed E-state index contributed by atoms with van der Waals surface area (Å²) in [5.74, 6) is 2.60. The molecule has 3 rings (SSSR count). The summed E-state index contributed by atoms with van der Waals surface area (Å²) >= 11 is 0. The molecule has 21 heavy (non-hydrogen) atoms. The summed E-state index contributed by atoms with van der Waals surface area (Å²) in [5, 5.41) is 0. The molecule has 1 aliphatic carbocycles. The zero-order valence-electron chi connectivity index (χ0n) is 13.5. The largest absolute Gasteiger partial charge is 0.413 e. The fourth-order valence-corrected chi connectivity index (χ4v) is 3.84. The van der Waals surface area contributed by atoms with E-state index in [0.717, 1.165) is 12.0 Å². The first-order chi connectivity index (χ1) is 9.90. The first-order valence-electron chi connectivity index (χ1n) is 7.66. The van der Waals surface area contributed by atoms with Crippen molar-refractivity contribution < 1.29 is 4.79 Å². The zero-order valence-corrected chi connectivity index (χ0v) is 13.5. The molecule has 0 radical (unpaired) electrons. The van der Waals surface area contributed by atoms with Gasteiger partial charge in [0.1, 0.15) is 0 Å². The predicted molar refractivity (Wildman–Crippen MR) is 88.8 cm³/mol. The molecule has 1 unspecified atom stereocenters. The van der Waals surface area contributed by atoms with Crippen LogP contribution in [0.15, 0.2) is 35.5 Å². The molecule has 1 aliphatic heterocycles. The van der Waals surface area contributed by atoms with Crippen LogP contribution in [0.2, 0.25) is 0 Å². The van der Waals surface area contributed by atoms with Gasteiger partial charge in [0, 0.05) is 17.2 Å². The molecule has 0 saturated carbocycles. The highest BCUT2D eigenvalue weighted by molar-refractivity contribution is 6.76. The predicted octanol–water partition coefficient (Wildman–Crippen LogP) is 2.71. The number of carbonyl (C=O) groups is 1. The molecular weight excluding hydrogens is 257 g/mol. The molecule has 0 aromatic heterocycles. The summed E-state index contributed by atoms with van der Waals surface area (Å²) in [6.07, 6.45) is 2.92. The van der Waals surface area contributed by atoms with E-state index in [0.29, 0.717) is 5.78 Å². The minimum Gasteiger partial charge on any atom is -0.413 e. The van der Waals surface area contributed by atoms with Crippen LogP contribution in [-0.4, -0.2) is 24.5 Å². The van der Waals surface area contributed by atoms with Crippen LogP contribution in [0.1, 0.15) is 30.0 Å². The maximum absolute atomic E-state index is 12.2. The van der Waals surface area contributed by atoms with E-state index in [1.165, 1.54) is 27.9 Å². The Morgan fingerprint density at radius 3 is 2.43 bits per heavy atom. The second-order valence-corrected chi connectivity index (χ2v) is 6.56. The zero-order chi connectivity index (χ0) is 15.3. The van der Waals surface area contributed by atoms with Gasteiger partial charge in [0.25, 0.3) is 0 Å². The normalized spacial score (nSPS) is 21.4. The van der Waals surface area contributed by atoms with E-state index in [1.807, 2.05) is 13.0 Å². The Labute approximate surface area is 127 Å². The van der Waals surface area contributed by atoms with Gasteiger partial charge in [-0.05, 0) is 39.7 Å². The van der Waals surface area contributed by atoms with Crippen LogP contribution in [0, 0.1) is 26.7 Å². The third-order valence-corrected chi connectivity index (χ3v) is 4.85. The van der Waals surface area contributed by atoms with Gasteiger partial charge >= 0.3 is 6.85 Å². The fourth-order valence-electron chi connectivity index (χ4n) is 3.84. The van der Waals surface area contributed by atoms with Gasteiger partial charge < -0.3 is 4.81 Å². The lowest BCUT2D eigenvalue weighted by Gasteiger charge is -2.32. The van der Waals surface area contributed by atoms with Gasteiger partial charge in [-0.15, -0.1) is 0 Å². The highest BCUT2D eigenvalue weighted by atomic mass is 16.1. The van der Waals surface area contributed by atoms with Crippen molar-refractivity contribution in [1.29, 1.82) is 0 Å². The first kappa shape index (κ1) is 14.2. The average Bonchev–Trinajstić information content (AvgIpc) is 2.68. The second kappa shape index (κ2) is 4.90. The lowest BCUT2D eigenvalue weighted by atomic mass is 9.50. The summed E-state index contributed by atoms with van der Waals surface area (Å²) in [6.45, 7) is 8.77. The molecule has 1 aromatic rings. The number of hydrogen-bond acceptors (Lipinski definition) is 2. The lowest BCUT2D eigenvalue weighted by Crippen LogP contribution is -2.48. The number of benzene rings is 1. The number of ketones is 1. The van der Waals surface area contributed by atoms with Gasteiger partial charge in [0.05, 0.1) is 0 Å². The molecule has 2 nitrogen and oxygen atoms in total. The highest BCUT2D eigenvalue weighted by Gasteiger charge is 2.37. The van der Waals surface area contributed by atoms with Gasteiger partial charge in [0.15, 0.2) is 5.78 Å². The van der Waals surface area contributed by atoms with Gasteiger partial charge in [-0.2, -0.15) is 0 Å². The number of carbonyl (C=O) groups excluding carboxylic acids is 1. The van der Waals surface area contributed by atoms with Crippen molar-refractivity contribution in [3.8, 4) is 0 Å². The molecule has 0 bridgehead atoms. The van der Waals surface area contributed by atoms with Crippen LogP contribution in [0.5, 0.6) is 0 Å². The van der Waals surface area contributed by atoms with Crippen molar-refractivity contribution in [3.05, 3.63) is 52.1 Å². The van der Waals surface area contributed by atoms with Crippen LogP contribution in [-0.2, 0) is 4.79 Å². The van der Waals surface area contributed by atoms with E-state index in [2.05, 4.69) is 50.7 Å². The fraction of sp³-hybridized carbons (Fsp3) is 0.389. The monoisotopic (exact) mass is 279 g/mol. The van der Waals surface area contributed by atoms with Crippen molar-refractivity contribution in [2.24, 2.45) is 5.92 Å². The number of Topliss-reactive ketones (excluding diaryl/α,β-unsaturated/α-hetero) is 1. The maximum atomic E-state index is 12.2. The molecule has 0 spiro atoms. The third-order valence-electron chi connectivity index (χ3n) is 4.85. The summed E-state index contributed by atoms with van der Waals surface area (Å²) in [4.78, 5) is 14.5. The lowest BCUT2D eigenvalue weighted by molar-refractivity contribution is -0.117. The maximum Gasteiger partial charge on any atom is 0.316 e. The second-order valence-electron chi connectivity index (χ2n) is 6.56. The van der Waals surface area contributed by atoms with Crippen molar-refractivity contribution in [3.63, 3.8) is 0 Å². The minimum atomic E-state index is 0.126. The molecule has 0 amide bonds. The summed E-state index contributed by atoms with van der Waals surface area (Å²) in [7, 11) is 2.12. The molecule has 0 saturated heterocycles. The molecule has 3 heteroatoms. The summed E-state index contributed by atoms with van der Waals surface area (Å²) in [6, 6.07) is 4.49. The van der Waals surface area contributed by atoms with E-state index in [-0.39, 0.29) is 12.8 Å². The molecule has 2 aliphatic rings. The topological polar surface area (TPSA) is 20.3 Å². The van der Waals surface area contributed by atoms with Crippen LogP contribution in [0.4, 0.5) is 0 Å². The number of hydrogen-bond donors (Lipinski definition) is 0. The number of rotatable bonds is 1. The summed E-state index contributed by atoms with van der Waals surface area (Å²) < 4.78 is 0. The standard InChI is InChI=1S/C18H22BNO/c1-11-8-12(2)17(13(3)9-11)19-7-6-15-16(20(19)5)10-14(4)18(15)21/h6-9,14H,10H2,1-5H3. The van der Waals surface area contributed by atoms with Gasteiger partial charge in [-0.25, -0.2) is 0 Å². The Balaban J connectivity index is 2.03. The van der Waals surface area contributed by atoms with Crippen LogP contribution in [0.3, 0.4) is 0 Å². The van der Waals surface area contributed by atoms with E-state index in [1.54, 1.807) is 0 Å². The van der Waals surface area contributed by atoms with Crippen molar-refractivity contribution >= 4 is 18.1 Å². The average molecular weight is 279 g/mol. The number of aryl methyl sites for hydroxylation is 3. The van der Waals surface area contributed by atoms with E-state index >= 15 is 0 Å². The SMILES string of the molecule is Cc1cc(C)c(B2C=CC3=C(CC(C)C3=O)N2C)c(C)c1. The minimum absolute atomic E-state index is 0.126. The van der Waals surface area contributed by atoms with Crippen LogP contribution >= 0.6 is 0 Å². The molecule has 0 N–H and O–H groups in total. The molecule has 0 fully saturated rings. The molecular formula is C18H22BNO. The Kier molecular flexibility index (Phi) is 3.31. The Bertz CT molecular complexity index is 663. The van der Waals surface area contributed by atoms with E-state index in [4.69, 9.17) is 0 Å². The van der Waals surface area contributed by atoms with Crippen LogP contribution < -0.4 is 5.46 Å². The Hall–Kier alpha value is -1.77. The highest BCUT2D eigenvalue weighted by Crippen LogP contribution is 2.34. The van der Waals surface area contributed by atoms with Gasteiger partial charge in [-0.1, -0.05) is 47.8 Å². The first-order valence-corrected chi connectivity index (χ1v) is 7.66. The number of nitrogens with zero attached hydrogens (tertiary/aromatic N) is 1. The van der Waals surface area contributed by atoms with Crippen molar-refractivity contribution in [1.82, 2.24) is 4.81 Å². The Morgan fingerprint density at radius 2 is 1.81 bits per heavy atom. The van der Waals surface area contributed by atoms with Gasteiger partial charge in [0.2, 0.25) is 0 Å². The van der Waals surface area contributed by atoms with Crippen LogP contribution in [0.25, 0.3) is 0 Å². The third kappa shape index (κ3) is 2.15. The molecule has 108 valence electrons. The number of allylic oxidation sites excluding steroid dienone is 3. The van der Waals surface area contributed by atoms with Crippen molar-refractivity contribution in [2.45, 2.75) is 34.1 Å². The molecule has 1 heterocycles. The quantitative estimate of drug-likeness (QED) is 0.737. The van der Waals surface area contributed by atoms with Gasteiger partial charge in [-0.3, -0.25) is 4.79 Å². The smallest absolute Gasteiger partial charge is 0.316 e. The Morgan fingerprint density at radius 1 is 1.19 bits per heavy atom. The van der Waals surface area contributed by atoms with E-state index in [9.17, 15) is 4.79 Å². The van der Waals surface area contributed by atoms with Crippen molar-refractivity contribution in [2.75, 3.05) is 7.05 Å². The van der Waals surface area contributed by atoms with E-state index < -0.39 is 0 Å². The summed E-state index contributed by atoms with van der Waals surface area (Å²) in [5.41, 5.74) is 7.47.